The zero-order valence-corrected chi connectivity index (χ0v) is 12.7. The normalized spacial score (nSPS) is 10.9. The van der Waals surface area contributed by atoms with E-state index in [4.69, 9.17) is 9.84 Å². The molecule has 0 spiro atoms. The summed E-state index contributed by atoms with van der Waals surface area (Å²) in [7, 11) is 0. The van der Waals surface area contributed by atoms with Crippen molar-refractivity contribution in [2.24, 2.45) is 0 Å². The van der Waals surface area contributed by atoms with Gasteiger partial charge in [-0.25, -0.2) is 4.98 Å². The summed E-state index contributed by atoms with van der Waals surface area (Å²) in [6.45, 7) is 2.42. The molecule has 0 radical (unpaired) electrons. The average molecular weight is 340 g/mol. The van der Waals surface area contributed by atoms with E-state index in [0.29, 0.717) is 19.8 Å². The standard InChI is InChI=1S/C14H18BrN3O2/c15-12-3-1-2-11(8-12)13-9-17-14(18-13)10-16-4-6-20-7-5-19/h1-3,8-9,16,19H,4-7,10H2,(H,17,18). The van der Waals surface area contributed by atoms with Crippen LogP contribution in [0.2, 0.25) is 0 Å². The Balaban J connectivity index is 1.80. The lowest BCUT2D eigenvalue weighted by molar-refractivity contribution is 0.0937. The molecule has 5 nitrogen and oxygen atoms in total. The summed E-state index contributed by atoms with van der Waals surface area (Å²) < 4.78 is 6.21. The Morgan fingerprint density at radius 2 is 2.25 bits per heavy atom. The fourth-order valence-electron chi connectivity index (χ4n) is 1.77. The van der Waals surface area contributed by atoms with Crippen molar-refractivity contribution in [3.8, 4) is 11.3 Å². The Morgan fingerprint density at radius 3 is 3.05 bits per heavy atom. The second kappa shape index (κ2) is 8.16. The van der Waals surface area contributed by atoms with Crippen LogP contribution >= 0.6 is 15.9 Å². The van der Waals surface area contributed by atoms with E-state index in [-0.39, 0.29) is 6.61 Å². The molecule has 3 N–H and O–H groups in total. The molecule has 108 valence electrons. The highest BCUT2D eigenvalue weighted by Gasteiger charge is 2.03. The van der Waals surface area contributed by atoms with Crippen LogP contribution in [0.3, 0.4) is 0 Å². The molecule has 2 aromatic rings. The minimum Gasteiger partial charge on any atom is -0.394 e. The molecule has 0 bridgehead atoms. The highest BCUT2D eigenvalue weighted by atomic mass is 79.9. The Morgan fingerprint density at radius 1 is 1.35 bits per heavy atom. The Bertz CT molecular complexity index is 531. The third kappa shape index (κ3) is 4.72. The van der Waals surface area contributed by atoms with Gasteiger partial charge in [-0.3, -0.25) is 0 Å². The predicted molar refractivity (Wildman–Crippen MR) is 81.3 cm³/mol. The van der Waals surface area contributed by atoms with Gasteiger partial charge in [-0.15, -0.1) is 0 Å². The van der Waals surface area contributed by atoms with Crippen molar-refractivity contribution >= 4 is 15.9 Å². The maximum absolute atomic E-state index is 8.57. The lowest BCUT2D eigenvalue weighted by Crippen LogP contribution is -2.20. The second-order valence-corrected chi connectivity index (χ2v) is 5.18. The molecule has 0 unspecified atom stereocenters. The molecule has 0 saturated carbocycles. The zero-order valence-electron chi connectivity index (χ0n) is 11.1. The molecule has 0 saturated heterocycles. The minimum atomic E-state index is 0.0637. The summed E-state index contributed by atoms with van der Waals surface area (Å²) in [5, 5.41) is 11.8. The molecule has 1 aromatic heterocycles. The van der Waals surface area contributed by atoms with Crippen LogP contribution in [0.4, 0.5) is 0 Å². The molecule has 0 amide bonds. The van der Waals surface area contributed by atoms with Crippen LogP contribution in [0.5, 0.6) is 0 Å². The van der Waals surface area contributed by atoms with Gasteiger partial charge in [-0.1, -0.05) is 28.1 Å². The number of aliphatic hydroxyl groups is 1. The molecule has 0 aliphatic rings. The number of rotatable bonds is 8. The first-order valence-electron chi connectivity index (χ1n) is 6.49. The van der Waals surface area contributed by atoms with Crippen molar-refractivity contribution < 1.29 is 9.84 Å². The second-order valence-electron chi connectivity index (χ2n) is 4.27. The summed E-state index contributed by atoms with van der Waals surface area (Å²) in [6, 6.07) is 8.08. The third-order valence-electron chi connectivity index (χ3n) is 2.72. The molecule has 1 aromatic carbocycles. The molecule has 0 aliphatic carbocycles. The van der Waals surface area contributed by atoms with Crippen LogP contribution in [0.25, 0.3) is 11.3 Å². The first-order chi connectivity index (χ1) is 9.79. The van der Waals surface area contributed by atoms with Gasteiger partial charge in [0.2, 0.25) is 0 Å². The highest BCUT2D eigenvalue weighted by molar-refractivity contribution is 9.10. The van der Waals surface area contributed by atoms with Gasteiger partial charge in [-0.2, -0.15) is 0 Å². The molecule has 2 rings (SSSR count). The fraction of sp³-hybridized carbons (Fsp3) is 0.357. The van der Waals surface area contributed by atoms with E-state index < -0.39 is 0 Å². The van der Waals surface area contributed by atoms with E-state index in [9.17, 15) is 0 Å². The SMILES string of the molecule is OCCOCCNCc1ncc(-c2cccc(Br)c2)[nH]1. The molecule has 20 heavy (non-hydrogen) atoms. The average Bonchev–Trinajstić information content (AvgIpc) is 2.91. The summed E-state index contributed by atoms with van der Waals surface area (Å²) in [6.07, 6.45) is 1.83. The lowest BCUT2D eigenvalue weighted by atomic mass is 10.2. The van der Waals surface area contributed by atoms with Crippen molar-refractivity contribution in [3.63, 3.8) is 0 Å². The van der Waals surface area contributed by atoms with Gasteiger partial charge in [-0.05, 0) is 12.1 Å². The number of aromatic nitrogens is 2. The van der Waals surface area contributed by atoms with E-state index in [1.165, 1.54) is 0 Å². The van der Waals surface area contributed by atoms with Crippen LogP contribution in [0.15, 0.2) is 34.9 Å². The van der Waals surface area contributed by atoms with Crippen LogP contribution in [-0.2, 0) is 11.3 Å². The van der Waals surface area contributed by atoms with E-state index >= 15 is 0 Å². The van der Waals surface area contributed by atoms with Gasteiger partial charge in [0.15, 0.2) is 0 Å². The van der Waals surface area contributed by atoms with Gasteiger partial charge in [0.05, 0.1) is 38.3 Å². The number of nitrogens with zero attached hydrogens (tertiary/aromatic N) is 1. The van der Waals surface area contributed by atoms with Gasteiger partial charge < -0.3 is 20.1 Å². The van der Waals surface area contributed by atoms with Crippen molar-refractivity contribution in [3.05, 3.63) is 40.8 Å². The minimum absolute atomic E-state index is 0.0637. The fourth-order valence-corrected chi connectivity index (χ4v) is 2.17. The molecule has 1 heterocycles. The molecule has 0 aliphatic heterocycles. The van der Waals surface area contributed by atoms with Crippen molar-refractivity contribution in [1.29, 1.82) is 0 Å². The summed E-state index contributed by atoms with van der Waals surface area (Å²) in [5.41, 5.74) is 2.10. The topological polar surface area (TPSA) is 70.2 Å². The number of nitrogens with one attached hydrogen (secondary N) is 2. The van der Waals surface area contributed by atoms with Crippen LogP contribution < -0.4 is 5.32 Å². The summed E-state index contributed by atoms with van der Waals surface area (Å²) >= 11 is 3.46. The number of imidazole rings is 1. The number of aliphatic hydroxyl groups excluding tert-OH is 1. The molecular weight excluding hydrogens is 322 g/mol. The third-order valence-corrected chi connectivity index (χ3v) is 3.21. The predicted octanol–water partition coefficient (Wildman–Crippen LogP) is 1.94. The van der Waals surface area contributed by atoms with Gasteiger partial charge in [0.1, 0.15) is 5.82 Å². The Hall–Kier alpha value is -1.21. The number of hydrogen-bond donors (Lipinski definition) is 3. The van der Waals surface area contributed by atoms with Gasteiger partial charge in [0, 0.05) is 16.6 Å². The summed E-state index contributed by atoms with van der Waals surface area (Å²) in [5.74, 6) is 0.891. The van der Waals surface area contributed by atoms with E-state index in [1.807, 2.05) is 30.5 Å². The number of benzene rings is 1. The first-order valence-corrected chi connectivity index (χ1v) is 7.28. The monoisotopic (exact) mass is 339 g/mol. The highest BCUT2D eigenvalue weighted by Crippen LogP contribution is 2.21. The molecule has 6 heteroatoms. The Labute approximate surface area is 126 Å². The van der Waals surface area contributed by atoms with E-state index in [2.05, 4.69) is 31.2 Å². The van der Waals surface area contributed by atoms with Crippen LogP contribution in [-0.4, -0.2) is 41.4 Å². The van der Waals surface area contributed by atoms with E-state index in [1.54, 1.807) is 0 Å². The first kappa shape index (κ1) is 15.2. The van der Waals surface area contributed by atoms with E-state index in [0.717, 1.165) is 28.1 Å². The number of halogens is 1. The van der Waals surface area contributed by atoms with Gasteiger partial charge >= 0.3 is 0 Å². The van der Waals surface area contributed by atoms with Crippen LogP contribution in [0.1, 0.15) is 5.82 Å². The quantitative estimate of drug-likeness (QED) is 0.643. The maximum atomic E-state index is 8.57. The number of hydrogen-bond acceptors (Lipinski definition) is 4. The largest absolute Gasteiger partial charge is 0.394 e. The van der Waals surface area contributed by atoms with Crippen molar-refractivity contribution in [2.45, 2.75) is 6.54 Å². The molecule has 0 fully saturated rings. The van der Waals surface area contributed by atoms with Crippen molar-refractivity contribution in [2.75, 3.05) is 26.4 Å². The van der Waals surface area contributed by atoms with Gasteiger partial charge in [0.25, 0.3) is 0 Å². The van der Waals surface area contributed by atoms with Crippen LogP contribution in [0, 0.1) is 0 Å². The summed E-state index contributed by atoms with van der Waals surface area (Å²) in [4.78, 5) is 7.63. The Kier molecular flexibility index (Phi) is 6.20. The number of ether oxygens (including phenoxy) is 1. The number of H-pyrrole nitrogens is 1. The molecule has 0 atom stereocenters. The zero-order chi connectivity index (χ0) is 14.2. The lowest BCUT2D eigenvalue weighted by Gasteiger charge is -2.03. The molecular formula is C14H18BrN3O2. The number of aromatic amines is 1. The maximum Gasteiger partial charge on any atom is 0.120 e. The van der Waals surface area contributed by atoms with Crippen molar-refractivity contribution in [1.82, 2.24) is 15.3 Å². The smallest absolute Gasteiger partial charge is 0.120 e.